The number of Topliss-reactive ketones (excluding diaryl/α,β-unsaturated/α-hetero) is 1. The Kier molecular flexibility index (Phi) is 4.81. The summed E-state index contributed by atoms with van der Waals surface area (Å²) < 4.78 is 37.9. The number of benzene rings is 1. The molecule has 110 valence electrons. The molecule has 0 aliphatic carbocycles. The van der Waals surface area contributed by atoms with Crippen LogP contribution in [0.2, 0.25) is 0 Å². The number of carbonyl (C=O) groups excluding carboxylic acids is 1. The smallest absolute Gasteiger partial charge is 0.314 e. The number of alkyl halides is 3. The van der Waals surface area contributed by atoms with E-state index in [4.69, 9.17) is 0 Å². The normalized spacial score (nSPS) is 20.4. The topological polar surface area (TPSA) is 29.1 Å². The van der Waals surface area contributed by atoms with Crippen molar-refractivity contribution in [2.45, 2.75) is 44.3 Å². The lowest BCUT2D eigenvalue weighted by molar-refractivity contribution is -0.137. The molecule has 0 saturated carbocycles. The van der Waals surface area contributed by atoms with E-state index in [1.165, 1.54) is 12.1 Å². The van der Waals surface area contributed by atoms with E-state index in [0.29, 0.717) is 0 Å². The average molecular weight is 285 g/mol. The molecule has 1 aliphatic rings. The van der Waals surface area contributed by atoms with Crippen molar-refractivity contribution in [2.75, 3.05) is 6.54 Å². The van der Waals surface area contributed by atoms with Gasteiger partial charge in [0.1, 0.15) is 0 Å². The first-order chi connectivity index (χ1) is 9.47. The van der Waals surface area contributed by atoms with E-state index < -0.39 is 11.7 Å². The number of hydrogen-bond acceptors (Lipinski definition) is 2. The zero-order chi connectivity index (χ0) is 14.6. The van der Waals surface area contributed by atoms with Crippen LogP contribution in [0.3, 0.4) is 0 Å². The van der Waals surface area contributed by atoms with Gasteiger partial charge in [-0.3, -0.25) is 4.79 Å². The molecule has 0 spiro atoms. The highest BCUT2D eigenvalue weighted by Gasteiger charge is 2.31. The van der Waals surface area contributed by atoms with Gasteiger partial charge in [-0.25, -0.2) is 0 Å². The highest BCUT2D eigenvalue weighted by atomic mass is 19.4. The van der Waals surface area contributed by atoms with Gasteiger partial charge in [-0.2, -0.15) is 13.2 Å². The van der Waals surface area contributed by atoms with Crippen LogP contribution < -0.4 is 5.32 Å². The van der Waals surface area contributed by atoms with Gasteiger partial charge in [0.15, 0.2) is 5.78 Å². The van der Waals surface area contributed by atoms with E-state index in [1.807, 2.05) is 0 Å². The molecule has 1 N–H and O–H groups in total. The van der Waals surface area contributed by atoms with Crippen LogP contribution in [0.25, 0.3) is 0 Å². The first kappa shape index (κ1) is 15.0. The molecular weight excluding hydrogens is 267 g/mol. The molecule has 20 heavy (non-hydrogen) atoms. The quantitative estimate of drug-likeness (QED) is 0.856. The second-order valence-electron chi connectivity index (χ2n) is 5.21. The van der Waals surface area contributed by atoms with Gasteiger partial charge in [-0.05, 0) is 31.5 Å². The van der Waals surface area contributed by atoms with Crippen molar-refractivity contribution < 1.29 is 18.0 Å². The predicted molar refractivity (Wildman–Crippen MR) is 70.7 cm³/mol. The summed E-state index contributed by atoms with van der Waals surface area (Å²) in [6.07, 6.45) is 0.0614. The SMILES string of the molecule is O=C(CC1CCCCCN1)c1cccc(C(F)(F)F)c1. The fraction of sp³-hybridized carbons (Fsp3) is 0.533. The summed E-state index contributed by atoms with van der Waals surface area (Å²) in [5, 5.41) is 3.28. The second kappa shape index (κ2) is 6.39. The van der Waals surface area contributed by atoms with Crippen LogP contribution in [0.15, 0.2) is 24.3 Å². The van der Waals surface area contributed by atoms with Crippen molar-refractivity contribution in [2.24, 2.45) is 0 Å². The number of carbonyl (C=O) groups is 1. The summed E-state index contributed by atoms with van der Waals surface area (Å²) in [7, 11) is 0. The molecule has 1 atom stereocenters. The summed E-state index contributed by atoms with van der Waals surface area (Å²) in [4.78, 5) is 12.1. The highest BCUT2D eigenvalue weighted by molar-refractivity contribution is 5.96. The zero-order valence-electron chi connectivity index (χ0n) is 11.2. The van der Waals surface area contributed by atoms with Crippen LogP contribution in [-0.4, -0.2) is 18.4 Å². The average Bonchev–Trinajstić information content (AvgIpc) is 2.66. The fourth-order valence-corrected chi connectivity index (χ4v) is 2.49. The van der Waals surface area contributed by atoms with E-state index in [9.17, 15) is 18.0 Å². The lowest BCUT2D eigenvalue weighted by Gasteiger charge is -2.15. The Morgan fingerprint density at radius 1 is 1.25 bits per heavy atom. The lowest BCUT2D eigenvalue weighted by Crippen LogP contribution is -2.30. The van der Waals surface area contributed by atoms with Crippen LogP contribution in [0.5, 0.6) is 0 Å². The third-order valence-corrected chi connectivity index (χ3v) is 3.61. The van der Waals surface area contributed by atoms with E-state index in [-0.39, 0.29) is 23.8 Å². The van der Waals surface area contributed by atoms with Crippen LogP contribution >= 0.6 is 0 Å². The minimum Gasteiger partial charge on any atom is -0.314 e. The van der Waals surface area contributed by atoms with Gasteiger partial charge in [0.2, 0.25) is 0 Å². The minimum atomic E-state index is -4.41. The molecule has 5 heteroatoms. The Bertz CT molecular complexity index is 462. The standard InChI is InChI=1S/C15H18F3NO/c16-15(17,18)12-6-4-5-11(9-12)14(20)10-13-7-2-1-3-8-19-13/h4-6,9,13,19H,1-3,7-8,10H2. The van der Waals surface area contributed by atoms with E-state index in [1.54, 1.807) is 0 Å². The maximum absolute atomic E-state index is 12.6. The molecule has 1 fully saturated rings. The van der Waals surface area contributed by atoms with Crippen LogP contribution in [0.1, 0.15) is 48.0 Å². The molecule has 1 aromatic carbocycles. The summed E-state index contributed by atoms with van der Waals surface area (Å²) >= 11 is 0. The Hall–Kier alpha value is -1.36. The third kappa shape index (κ3) is 4.07. The number of hydrogen-bond donors (Lipinski definition) is 1. The highest BCUT2D eigenvalue weighted by Crippen LogP contribution is 2.29. The maximum atomic E-state index is 12.6. The Morgan fingerprint density at radius 3 is 2.80 bits per heavy atom. The van der Waals surface area contributed by atoms with Crippen molar-refractivity contribution in [3.05, 3.63) is 35.4 Å². The number of ketones is 1. The van der Waals surface area contributed by atoms with E-state index in [0.717, 1.165) is 44.4 Å². The van der Waals surface area contributed by atoms with Gasteiger partial charge in [-0.15, -0.1) is 0 Å². The summed E-state index contributed by atoms with van der Waals surface area (Å²) in [6.45, 7) is 0.876. The van der Waals surface area contributed by atoms with Crippen molar-refractivity contribution in [1.82, 2.24) is 5.32 Å². The molecule has 0 radical (unpaired) electrons. The fourth-order valence-electron chi connectivity index (χ4n) is 2.49. The van der Waals surface area contributed by atoms with Crippen LogP contribution in [0, 0.1) is 0 Å². The summed E-state index contributed by atoms with van der Waals surface area (Å²) in [6, 6.07) is 4.75. The monoisotopic (exact) mass is 285 g/mol. The van der Waals surface area contributed by atoms with Crippen molar-refractivity contribution in [3.8, 4) is 0 Å². The van der Waals surface area contributed by atoms with E-state index in [2.05, 4.69) is 5.32 Å². The molecule has 1 aliphatic heterocycles. The van der Waals surface area contributed by atoms with Crippen molar-refractivity contribution >= 4 is 5.78 Å². The molecule has 1 heterocycles. The summed E-state index contributed by atoms with van der Waals surface area (Å²) in [5.74, 6) is -0.226. The largest absolute Gasteiger partial charge is 0.416 e. The molecule has 2 nitrogen and oxygen atoms in total. The third-order valence-electron chi connectivity index (χ3n) is 3.61. The zero-order valence-corrected chi connectivity index (χ0v) is 11.2. The van der Waals surface area contributed by atoms with Crippen molar-refractivity contribution in [1.29, 1.82) is 0 Å². The van der Waals surface area contributed by atoms with Gasteiger partial charge in [-0.1, -0.05) is 25.0 Å². The van der Waals surface area contributed by atoms with Gasteiger partial charge < -0.3 is 5.32 Å². The Morgan fingerprint density at radius 2 is 2.05 bits per heavy atom. The van der Waals surface area contributed by atoms with Gasteiger partial charge in [0.05, 0.1) is 5.56 Å². The maximum Gasteiger partial charge on any atom is 0.416 e. The molecule has 1 unspecified atom stereocenters. The van der Waals surface area contributed by atoms with Crippen LogP contribution in [-0.2, 0) is 6.18 Å². The van der Waals surface area contributed by atoms with E-state index >= 15 is 0 Å². The van der Waals surface area contributed by atoms with Crippen molar-refractivity contribution in [3.63, 3.8) is 0 Å². The number of rotatable bonds is 3. The molecule has 1 aromatic rings. The second-order valence-corrected chi connectivity index (χ2v) is 5.21. The minimum absolute atomic E-state index is 0.0829. The van der Waals surface area contributed by atoms with Crippen LogP contribution in [0.4, 0.5) is 13.2 Å². The van der Waals surface area contributed by atoms with Gasteiger partial charge >= 0.3 is 6.18 Å². The lowest BCUT2D eigenvalue weighted by atomic mass is 9.99. The predicted octanol–water partition coefficient (Wildman–Crippen LogP) is 3.81. The molecule has 2 rings (SSSR count). The summed E-state index contributed by atoms with van der Waals surface area (Å²) in [5.41, 5.74) is -0.622. The molecule has 0 amide bonds. The Balaban J connectivity index is 2.05. The molecule has 0 aromatic heterocycles. The first-order valence-corrected chi connectivity index (χ1v) is 6.90. The van der Waals surface area contributed by atoms with Gasteiger partial charge in [0.25, 0.3) is 0 Å². The number of nitrogens with one attached hydrogen (secondary N) is 1. The molecule has 1 saturated heterocycles. The number of halogens is 3. The van der Waals surface area contributed by atoms with Gasteiger partial charge in [0, 0.05) is 18.0 Å². The first-order valence-electron chi connectivity index (χ1n) is 6.90. The molecule has 0 bridgehead atoms. The Labute approximate surface area is 116 Å². The molecular formula is C15H18F3NO.